The Kier molecular flexibility index (Phi) is 2.65. The van der Waals surface area contributed by atoms with E-state index in [0.29, 0.717) is 0 Å². The fraction of sp³-hybridized carbons (Fsp3) is 0. The van der Waals surface area contributed by atoms with Gasteiger partial charge in [-0.15, -0.1) is 0 Å². The van der Waals surface area contributed by atoms with E-state index >= 15 is 0 Å². The van der Waals surface area contributed by atoms with Crippen molar-refractivity contribution in [2.75, 3.05) is 0 Å². The van der Waals surface area contributed by atoms with Crippen LogP contribution in [0.4, 0.5) is 5.69 Å². The number of hydrogen-bond donors (Lipinski definition) is 2. The molecular formula is C8H7N3O4. The summed E-state index contributed by atoms with van der Waals surface area (Å²) in [5.41, 5.74) is 9.08. The number of rotatable bonds is 3. The van der Waals surface area contributed by atoms with Crippen molar-refractivity contribution >= 4 is 17.5 Å². The van der Waals surface area contributed by atoms with Gasteiger partial charge in [0.15, 0.2) is 0 Å². The molecule has 0 saturated carbocycles. The standard InChI is InChI=1S/C8H7N3O4/c9-7(12)4-1-2-6(11(14)15)5(3-4)8(10)13/h1-3H,(H2,9,12)(H2,10,13). The Balaban J connectivity index is 3.40. The number of hydrogen-bond acceptors (Lipinski definition) is 4. The summed E-state index contributed by atoms with van der Waals surface area (Å²) < 4.78 is 0. The summed E-state index contributed by atoms with van der Waals surface area (Å²) in [6, 6.07) is 3.18. The molecule has 15 heavy (non-hydrogen) atoms. The first kappa shape index (κ1) is 10.6. The Morgan fingerprint density at radius 1 is 1.20 bits per heavy atom. The number of nitro benzene ring substituents is 1. The number of amides is 2. The largest absolute Gasteiger partial charge is 0.366 e. The lowest BCUT2D eigenvalue weighted by atomic mass is 10.1. The summed E-state index contributed by atoms with van der Waals surface area (Å²) in [6.07, 6.45) is 0. The van der Waals surface area contributed by atoms with E-state index in [1.165, 1.54) is 0 Å². The van der Waals surface area contributed by atoms with Gasteiger partial charge in [-0.3, -0.25) is 19.7 Å². The van der Waals surface area contributed by atoms with E-state index < -0.39 is 22.4 Å². The average Bonchev–Trinajstić information content (AvgIpc) is 2.16. The molecule has 0 heterocycles. The van der Waals surface area contributed by atoms with Crippen molar-refractivity contribution < 1.29 is 14.5 Å². The zero-order chi connectivity index (χ0) is 11.6. The first-order valence-electron chi connectivity index (χ1n) is 3.81. The van der Waals surface area contributed by atoms with Crippen LogP contribution in [0.2, 0.25) is 0 Å². The molecule has 4 N–H and O–H groups in total. The molecule has 7 heteroatoms. The first-order chi connectivity index (χ1) is 6.93. The predicted molar refractivity (Wildman–Crippen MR) is 50.1 cm³/mol. The van der Waals surface area contributed by atoms with Gasteiger partial charge in [0.2, 0.25) is 5.91 Å². The van der Waals surface area contributed by atoms with Gasteiger partial charge in [0.05, 0.1) is 4.92 Å². The second-order valence-electron chi connectivity index (χ2n) is 2.72. The molecule has 0 bridgehead atoms. The number of nitrogens with two attached hydrogens (primary N) is 2. The molecule has 1 rings (SSSR count). The van der Waals surface area contributed by atoms with Gasteiger partial charge in [-0.25, -0.2) is 0 Å². The second kappa shape index (κ2) is 3.74. The molecule has 0 atom stereocenters. The van der Waals surface area contributed by atoms with Gasteiger partial charge in [-0.05, 0) is 12.1 Å². The minimum Gasteiger partial charge on any atom is -0.366 e. The Morgan fingerprint density at radius 3 is 2.20 bits per heavy atom. The molecule has 0 saturated heterocycles. The Morgan fingerprint density at radius 2 is 1.80 bits per heavy atom. The molecule has 0 unspecified atom stereocenters. The molecule has 2 amide bonds. The molecule has 0 spiro atoms. The van der Waals surface area contributed by atoms with E-state index in [2.05, 4.69) is 0 Å². The van der Waals surface area contributed by atoms with Gasteiger partial charge in [0.25, 0.3) is 11.6 Å². The van der Waals surface area contributed by atoms with Crippen LogP contribution in [0.5, 0.6) is 0 Å². The van der Waals surface area contributed by atoms with E-state index in [1.54, 1.807) is 0 Å². The van der Waals surface area contributed by atoms with Crippen molar-refractivity contribution in [2.24, 2.45) is 11.5 Å². The van der Waals surface area contributed by atoms with Gasteiger partial charge >= 0.3 is 0 Å². The third-order valence-corrected chi connectivity index (χ3v) is 1.74. The summed E-state index contributed by atoms with van der Waals surface area (Å²) in [7, 11) is 0. The van der Waals surface area contributed by atoms with Gasteiger partial charge < -0.3 is 11.5 Å². The van der Waals surface area contributed by atoms with Crippen molar-refractivity contribution in [1.82, 2.24) is 0 Å². The maximum atomic E-state index is 10.9. The monoisotopic (exact) mass is 209 g/mol. The number of nitrogens with zero attached hydrogens (tertiary/aromatic N) is 1. The molecule has 1 aromatic rings. The van der Waals surface area contributed by atoms with Crippen molar-refractivity contribution in [3.63, 3.8) is 0 Å². The van der Waals surface area contributed by atoms with Crippen LogP contribution < -0.4 is 11.5 Å². The minimum atomic E-state index is -0.982. The lowest BCUT2D eigenvalue weighted by molar-refractivity contribution is -0.385. The Bertz CT molecular complexity index is 455. The normalized spacial score (nSPS) is 9.60. The summed E-state index contributed by atoms with van der Waals surface area (Å²) >= 11 is 0. The zero-order valence-corrected chi connectivity index (χ0v) is 7.47. The summed E-state index contributed by atoms with van der Waals surface area (Å²) in [5, 5.41) is 10.5. The third kappa shape index (κ3) is 2.08. The summed E-state index contributed by atoms with van der Waals surface area (Å²) in [6.45, 7) is 0. The van der Waals surface area contributed by atoms with Crippen LogP contribution in [0.3, 0.4) is 0 Å². The quantitative estimate of drug-likeness (QED) is 0.526. The van der Waals surface area contributed by atoms with Crippen molar-refractivity contribution in [1.29, 1.82) is 0 Å². The molecule has 0 aliphatic rings. The summed E-state index contributed by atoms with van der Waals surface area (Å²) in [4.78, 5) is 31.4. The zero-order valence-electron chi connectivity index (χ0n) is 7.47. The molecule has 78 valence electrons. The summed E-state index contributed by atoms with van der Waals surface area (Å²) in [5.74, 6) is -1.77. The highest BCUT2D eigenvalue weighted by Crippen LogP contribution is 2.19. The van der Waals surface area contributed by atoms with E-state index in [4.69, 9.17) is 11.5 Å². The third-order valence-electron chi connectivity index (χ3n) is 1.74. The van der Waals surface area contributed by atoms with Crippen LogP contribution in [0.1, 0.15) is 20.7 Å². The van der Waals surface area contributed by atoms with E-state index in [1.807, 2.05) is 0 Å². The number of benzene rings is 1. The van der Waals surface area contributed by atoms with Crippen LogP contribution in [-0.2, 0) is 0 Å². The van der Waals surface area contributed by atoms with E-state index in [-0.39, 0.29) is 11.1 Å². The molecule has 1 aromatic carbocycles. The van der Waals surface area contributed by atoms with Crippen LogP contribution in [0, 0.1) is 10.1 Å². The molecule has 7 nitrogen and oxygen atoms in total. The lowest BCUT2D eigenvalue weighted by Crippen LogP contribution is -2.16. The van der Waals surface area contributed by atoms with Crippen molar-refractivity contribution in [3.8, 4) is 0 Å². The lowest BCUT2D eigenvalue weighted by Gasteiger charge is -2.00. The number of carbonyl (C=O) groups excluding carboxylic acids is 2. The fourth-order valence-electron chi connectivity index (χ4n) is 1.05. The van der Waals surface area contributed by atoms with Crippen LogP contribution >= 0.6 is 0 Å². The van der Waals surface area contributed by atoms with Crippen LogP contribution in [-0.4, -0.2) is 16.7 Å². The smallest absolute Gasteiger partial charge is 0.282 e. The van der Waals surface area contributed by atoms with Crippen LogP contribution in [0.25, 0.3) is 0 Å². The second-order valence-corrected chi connectivity index (χ2v) is 2.72. The first-order valence-corrected chi connectivity index (χ1v) is 3.81. The Labute approximate surface area is 83.8 Å². The highest BCUT2D eigenvalue weighted by molar-refractivity contribution is 6.01. The van der Waals surface area contributed by atoms with E-state index in [0.717, 1.165) is 18.2 Å². The molecule has 0 aromatic heterocycles. The van der Waals surface area contributed by atoms with Gasteiger partial charge in [0.1, 0.15) is 5.56 Å². The SMILES string of the molecule is NC(=O)c1ccc([N+](=O)[O-])c(C(N)=O)c1. The molecule has 0 radical (unpaired) electrons. The number of primary amides is 2. The highest BCUT2D eigenvalue weighted by atomic mass is 16.6. The van der Waals surface area contributed by atoms with Crippen molar-refractivity contribution in [2.45, 2.75) is 0 Å². The maximum Gasteiger partial charge on any atom is 0.282 e. The number of nitro groups is 1. The predicted octanol–water partition coefficient (Wildman–Crippen LogP) is -0.207. The highest BCUT2D eigenvalue weighted by Gasteiger charge is 2.19. The van der Waals surface area contributed by atoms with Crippen molar-refractivity contribution in [3.05, 3.63) is 39.4 Å². The molecule has 0 fully saturated rings. The molecule has 0 aliphatic heterocycles. The van der Waals surface area contributed by atoms with Gasteiger partial charge in [0, 0.05) is 11.6 Å². The van der Waals surface area contributed by atoms with Crippen LogP contribution in [0.15, 0.2) is 18.2 Å². The van der Waals surface area contributed by atoms with Gasteiger partial charge in [-0.2, -0.15) is 0 Å². The fourth-order valence-corrected chi connectivity index (χ4v) is 1.05. The minimum absolute atomic E-state index is 0.00519. The molecule has 0 aliphatic carbocycles. The number of carbonyl (C=O) groups is 2. The van der Waals surface area contributed by atoms with E-state index in [9.17, 15) is 19.7 Å². The molecular weight excluding hydrogens is 202 g/mol. The topological polar surface area (TPSA) is 129 Å². The Hall–Kier alpha value is -2.44. The van der Waals surface area contributed by atoms with Gasteiger partial charge in [-0.1, -0.05) is 0 Å². The average molecular weight is 209 g/mol. The maximum absolute atomic E-state index is 10.9.